The van der Waals surface area contributed by atoms with Gasteiger partial charge in [0, 0.05) is 30.6 Å². The third kappa shape index (κ3) is 6.40. The molecule has 0 fully saturated rings. The molecule has 8 nitrogen and oxygen atoms in total. The number of hydrogen-bond acceptors (Lipinski definition) is 6. The van der Waals surface area contributed by atoms with Crippen LogP contribution in [0.3, 0.4) is 0 Å². The molecule has 0 spiro atoms. The standard InChI is InChI=1S/C25H19F4N7O/c1-36-14-19(12-32-36)33-24-31-13-20(17-5-7-18(8-6-17)25(27,28)29)23(35-24)34-22-11-16(4-9-21(22)26)3-2-10-30-15-37/h4-9,11-15H,10H2,1H3,(H,30,37)(H2,31,33,34,35). The number of hydrogen-bond donors (Lipinski definition) is 3. The summed E-state index contributed by atoms with van der Waals surface area (Å²) in [4.78, 5) is 19.1. The third-order valence-corrected chi connectivity index (χ3v) is 5.00. The van der Waals surface area contributed by atoms with Gasteiger partial charge in [-0.15, -0.1) is 0 Å². The van der Waals surface area contributed by atoms with Crippen molar-refractivity contribution in [2.45, 2.75) is 6.18 Å². The molecule has 4 aromatic rings. The fourth-order valence-corrected chi connectivity index (χ4v) is 3.27. The number of anilines is 4. The molecule has 0 radical (unpaired) electrons. The van der Waals surface area contributed by atoms with Crippen molar-refractivity contribution in [3.05, 3.63) is 78.0 Å². The Morgan fingerprint density at radius 1 is 1.08 bits per heavy atom. The van der Waals surface area contributed by atoms with Gasteiger partial charge in [-0.2, -0.15) is 23.3 Å². The average molecular weight is 509 g/mol. The van der Waals surface area contributed by atoms with E-state index in [2.05, 4.69) is 42.9 Å². The molecular weight excluding hydrogens is 490 g/mol. The van der Waals surface area contributed by atoms with Gasteiger partial charge in [-0.05, 0) is 35.9 Å². The summed E-state index contributed by atoms with van der Waals surface area (Å²) in [6.45, 7) is 0.122. The second-order valence-corrected chi connectivity index (χ2v) is 7.68. The molecule has 0 bridgehead atoms. The van der Waals surface area contributed by atoms with Gasteiger partial charge < -0.3 is 16.0 Å². The highest BCUT2D eigenvalue weighted by molar-refractivity contribution is 5.79. The van der Waals surface area contributed by atoms with Crippen molar-refractivity contribution in [1.82, 2.24) is 25.1 Å². The molecule has 2 aromatic heterocycles. The normalized spacial score (nSPS) is 10.8. The molecule has 1 amide bonds. The van der Waals surface area contributed by atoms with Crippen molar-refractivity contribution < 1.29 is 22.4 Å². The maximum absolute atomic E-state index is 14.7. The summed E-state index contributed by atoms with van der Waals surface area (Å²) < 4.78 is 55.4. The Hall–Kier alpha value is -4.92. The van der Waals surface area contributed by atoms with Gasteiger partial charge in [-0.25, -0.2) is 9.37 Å². The summed E-state index contributed by atoms with van der Waals surface area (Å²) in [6, 6.07) is 8.62. The summed E-state index contributed by atoms with van der Waals surface area (Å²) in [5.74, 6) is 5.23. The number of nitrogens with one attached hydrogen (secondary N) is 3. The van der Waals surface area contributed by atoms with Crippen molar-refractivity contribution in [2.75, 3.05) is 17.2 Å². The highest BCUT2D eigenvalue weighted by Crippen LogP contribution is 2.34. The van der Waals surface area contributed by atoms with Crippen LogP contribution in [-0.2, 0) is 18.0 Å². The van der Waals surface area contributed by atoms with E-state index in [1.807, 2.05) is 0 Å². The largest absolute Gasteiger partial charge is 0.416 e. The molecule has 4 rings (SSSR count). The molecule has 0 saturated heterocycles. The molecule has 2 heterocycles. The van der Waals surface area contributed by atoms with E-state index in [1.165, 1.54) is 36.5 Å². The third-order valence-electron chi connectivity index (χ3n) is 5.00. The van der Waals surface area contributed by atoms with Gasteiger partial charge in [0.2, 0.25) is 12.4 Å². The van der Waals surface area contributed by atoms with Crippen molar-refractivity contribution in [1.29, 1.82) is 0 Å². The van der Waals surface area contributed by atoms with Crippen molar-refractivity contribution >= 4 is 29.6 Å². The molecule has 0 aliphatic carbocycles. The first-order valence-electron chi connectivity index (χ1n) is 10.8. The number of amides is 1. The lowest BCUT2D eigenvalue weighted by molar-refractivity contribution is -0.137. The molecule has 0 saturated carbocycles. The fourth-order valence-electron chi connectivity index (χ4n) is 3.27. The van der Waals surface area contributed by atoms with Crippen LogP contribution in [0.5, 0.6) is 0 Å². The Labute approximate surface area is 208 Å². The first kappa shape index (κ1) is 25.2. The number of aryl methyl sites for hydroxylation is 1. The number of carbonyl (C=O) groups excluding carboxylic acids is 1. The van der Waals surface area contributed by atoms with E-state index in [0.717, 1.165) is 12.1 Å². The summed E-state index contributed by atoms with van der Waals surface area (Å²) in [6.07, 6.45) is 0.701. The average Bonchev–Trinajstić information content (AvgIpc) is 3.28. The molecule has 37 heavy (non-hydrogen) atoms. The summed E-state index contributed by atoms with van der Waals surface area (Å²) in [5.41, 5.74) is 1.03. The van der Waals surface area contributed by atoms with Crippen LogP contribution in [0.25, 0.3) is 11.1 Å². The van der Waals surface area contributed by atoms with Crippen LogP contribution in [0.1, 0.15) is 11.1 Å². The zero-order chi connectivity index (χ0) is 26.4. The number of rotatable bonds is 7. The van der Waals surface area contributed by atoms with Crippen LogP contribution in [-0.4, -0.2) is 32.7 Å². The molecule has 12 heteroatoms. The van der Waals surface area contributed by atoms with Gasteiger partial charge >= 0.3 is 6.18 Å². The Balaban J connectivity index is 1.72. The number of benzene rings is 2. The monoisotopic (exact) mass is 509 g/mol. The number of nitrogens with zero attached hydrogens (tertiary/aromatic N) is 4. The topological polar surface area (TPSA) is 96.8 Å². The Bertz CT molecular complexity index is 1470. The zero-order valence-corrected chi connectivity index (χ0v) is 19.3. The predicted molar refractivity (Wildman–Crippen MR) is 130 cm³/mol. The first-order chi connectivity index (χ1) is 17.7. The van der Waals surface area contributed by atoms with E-state index < -0.39 is 17.6 Å². The minimum atomic E-state index is -4.49. The van der Waals surface area contributed by atoms with Crippen molar-refractivity contribution in [2.24, 2.45) is 7.05 Å². The Kier molecular flexibility index (Phi) is 7.34. The van der Waals surface area contributed by atoms with E-state index in [9.17, 15) is 22.4 Å². The lowest BCUT2D eigenvalue weighted by Crippen LogP contribution is -2.09. The van der Waals surface area contributed by atoms with Crippen LogP contribution in [0.4, 0.5) is 40.7 Å². The van der Waals surface area contributed by atoms with E-state index in [0.29, 0.717) is 28.8 Å². The molecule has 3 N–H and O–H groups in total. The number of halogens is 4. The van der Waals surface area contributed by atoms with E-state index in [1.54, 1.807) is 24.1 Å². The first-order valence-corrected chi connectivity index (χ1v) is 10.8. The Morgan fingerprint density at radius 2 is 1.86 bits per heavy atom. The highest BCUT2D eigenvalue weighted by atomic mass is 19.4. The highest BCUT2D eigenvalue weighted by Gasteiger charge is 2.30. The van der Waals surface area contributed by atoms with Gasteiger partial charge in [0.1, 0.15) is 11.6 Å². The quantitative estimate of drug-likeness (QED) is 0.146. The van der Waals surface area contributed by atoms with E-state index in [-0.39, 0.29) is 24.0 Å². The molecule has 0 unspecified atom stereocenters. The minimum absolute atomic E-state index is 0.0364. The predicted octanol–water partition coefficient (Wildman–Crippen LogP) is 4.62. The molecule has 188 valence electrons. The zero-order valence-electron chi connectivity index (χ0n) is 19.3. The number of aromatic nitrogens is 4. The maximum atomic E-state index is 14.7. The van der Waals surface area contributed by atoms with Crippen LogP contribution in [0, 0.1) is 17.7 Å². The molecule has 0 atom stereocenters. The van der Waals surface area contributed by atoms with Crippen LogP contribution in [0.2, 0.25) is 0 Å². The number of alkyl halides is 3. The lowest BCUT2D eigenvalue weighted by Gasteiger charge is -2.14. The lowest BCUT2D eigenvalue weighted by atomic mass is 10.1. The summed E-state index contributed by atoms with van der Waals surface area (Å²) in [7, 11) is 1.74. The summed E-state index contributed by atoms with van der Waals surface area (Å²) in [5, 5.41) is 12.4. The van der Waals surface area contributed by atoms with Crippen LogP contribution in [0.15, 0.2) is 61.1 Å². The van der Waals surface area contributed by atoms with E-state index in [4.69, 9.17) is 0 Å². The van der Waals surface area contributed by atoms with Gasteiger partial charge in [0.15, 0.2) is 0 Å². The second kappa shape index (κ2) is 10.8. The molecule has 0 aliphatic heterocycles. The molecule has 0 aliphatic rings. The minimum Gasteiger partial charge on any atom is -0.348 e. The number of carbonyl (C=O) groups is 1. The van der Waals surface area contributed by atoms with Gasteiger partial charge in [0.25, 0.3) is 0 Å². The van der Waals surface area contributed by atoms with Gasteiger partial charge in [-0.3, -0.25) is 9.48 Å². The van der Waals surface area contributed by atoms with Crippen LogP contribution < -0.4 is 16.0 Å². The van der Waals surface area contributed by atoms with Gasteiger partial charge in [0.05, 0.1) is 29.7 Å². The van der Waals surface area contributed by atoms with Crippen molar-refractivity contribution in [3.63, 3.8) is 0 Å². The summed E-state index contributed by atoms with van der Waals surface area (Å²) >= 11 is 0. The Morgan fingerprint density at radius 3 is 2.54 bits per heavy atom. The van der Waals surface area contributed by atoms with E-state index >= 15 is 0 Å². The molecule has 2 aromatic carbocycles. The van der Waals surface area contributed by atoms with Crippen molar-refractivity contribution in [3.8, 4) is 23.0 Å². The van der Waals surface area contributed by atoms with Gasteiger partial charge in [-0.1, -0.05) is 24.0 Å². The SMILES string of the molecule is Cn1cc(Nc2ncc(-c3ccc(C(F)(F)F)cc3)c(Nc3cc(C#CCNC=O)ccc3F)n2)cn1. The molecular formula is C25H19F4N7O. The smallest absolute Gasteiger partial charge is 0.348 e. The van der Waals surface area contributed by atoms with Crippen LogP contribution >= 0.6 is 0 Å². The second-order valence-electron chi connectivity index (χ2n) is 7.68. The fraction of sp³-hybridized carbons (Fsp3) is 0.120. The maximum Gasteiger partial charge on any atom is 0.416 e.